The Kier molecular flexibility index (Phi) is 6.64. The third-order valence-electron chi connectivity index (χ3n) is 4.42. The number of rotatable bonds is 7. The number of anilines is 3. The molecule has 3 aromatic rings. The predicted octanol–water partition coefficient (Wildman–Crippen LogP) is 5.16. The second-order valence-electron chi connectivity index (χ2n) is 6.68. The van der Waals surface area contributed by atoms with Crippen molar-refractivity contribution >= 4 is 28.9 Å². The molecule has 1 aromatic heterocycles. The van der Waals surface area contributed by atoms with Crippen LogP contribution < -0.4 is 16.0 Å². The number of amides is 2. The van der Waals surface area contributed by atoms with E-state index in [1.807, 2.05) is 13.0 Å². The summed E-state index contributed by atoms with van der Waals surface area (Å²) in [6, 6.07) is 11.9. The summed E-state index contributed by atoms with van der Waals surface area (Å²) in [5.41, 5.74) is 0.465. The van der Waals surface area contributed by atoms with Gasteiger partial charge in [-0.15, -0.1) is 0 Å². The van der Waals surface area contributed by atoms with Crippen molar-refractivity contribution in [3.8, 4) is 0 Å². The van der Waals surface area contributed by atoms with Gasteiger partial charge in [0, 0.05) is 17.1 Å². The summed E-state index contributed by atoms with van der Waals surface area (Å²) in [6.07, 6.45) is -1.43. The molecule has 3 N–H and O–H groups in total. The molecule has 0 saturated carbocycles. The quantitative estimate of drug-likeness (QED) is 0.482. The second-order valence-corrected chi connectivity index (χ2v) is 6.68. The minimum absolute atomic E-state index is 0.0371. The summed E-state index contributed by atoms with van der Waals surface area (Å²) < 4.78 is 45.4. The van der Waals surface area contributed by atoms with Gasteiger partial charge in [-0.05, 0) is 48.4 Å². The van der Waals surface area contributed by atoms with Gasteiger partial charge in [0.1, 0.15) is 6.26 Å². The summed E-state index contributed by atoms with van der Waals surface area (Å²) >= 11 is 0. The molecule has 0 aliphatic rings. The maximum atomic E-state index is 13.5. The molecule has 3 rings (SSSR count). The van der Waals surface area contributed by atoms with Gasteiger partial charge in [0.2, 0.25) is 5.91 Å². The van der Waals surface area contributed by atoms with Crippen molar-refractivity contribution < 1.29 is 27.2 Å². The minimum Gasteiger partial charge on any atom is -0.472 e. The largest absolute Gasteiger partial charge is 0.472 e. The number of halogens is 3. The number of nitrogens with one attached hydrogen (secondary N) is 3. The zero-order valence-corrected chi connectivity index (χ0v) is 16.5. The fourth-order valence-corrected chi connectivity index (χ4v) is 2.86. The van der Waals surface area contributed by atoms with Crippen LogP contribution in [0.15, 0.2) is 65.5 Å². The van der Waals surface area contributed by atoms with E-state index in [4.69, 9.17) is 4.42 Å². The SMILES string of the molecule is CCc1cccc(NC(=O)CNc2ccc(NC(=O)c3ccoc3)cc2C(F)(F)F)c1. The Morgan fingerprint density at radius 3 is 2.45 bits per heavy atom. The van der Waals surface area contributed by atoms with Crippen molar-refractivity contribution in [1.82, 2.24) is 0 Å². The first-order valence-corrected chi connectivity index (χ1v) is 9.43. The molecule has 0 saturated heterocycles. The molecule has 0 radical (unpaired) electrons. The van der Waals surface area contributed by atoms with Crippen molar-refractivity contribution in [3.05, 3.63) is 77.7 Å². The van der Waals surface area contributed by atoms with E-state index >= 15 is 0 Å². The lowest BCUT2D eigenvalue weighted by Gasteiger charge is -2.16. The normalized spacial score (nSPS) is 11.1. The molecule has 2 amide bonds. The number of carbonyl (C=O) groups excluding carboxylic acids is 2. The lowest BCUT2D eigenvalue weighted by molar-refractivity contribution is -0.137. The number of carbonyl (C=O) groups is 2. The van der Waals surface area contributed by atoms with Crippen molar-refractivity contribution in [1.29, 1.82) is 0 Å². The Balaban J connectivity index is 1.69. The Labute approximate surface area is 176 Å². The summed E-state index contributed by atoms with van der Waals surface area (Å²) in [5.74, 6) is -1.09. The van der Waals surface area contributed by atoms with Crippen LogP contribution in [0, 0.1) is 0 Å². The monoisotopic (exact) mass is 431 g/mol. The number of furan rings is 1. The first-order valence-electron chi connectivity index (χ1n) is 9.43. The highest BCUT2D eigenvalue weighted by Gasteiger charge is 2.34. The Hall–Kier alpha value is -3.75. The third-order valence-corrected chi connectivity index (χ3v) is 4.42. The Morgan fingerprint density at radius 1 is 1.00 bits per heavy atom. The van der Waals surface area contributed by atoms with Gasteiger partial charge in [-0.3, -0.25) is 9.59 Å². The standard InChI is InChI=1S/C22H20F3N3O3/c1-2-14-4-3-5-16(10-14)27-20(29)12-26-19-7-6-17(11-18(19)22(23,24)25)28-21(30)15-8-9-31-13-15/h3-11,13,26H,2,12H2,1H3,(H,27,29)(H,28,30). The number of benzene rings is 2. The lowest BCUT2D eigenvalue weighted by Crippen LogP contribution is -2.23. The van der Waals surface area contributed by atoms with Gasteiger partial charge in [-0.1, -0.05) is 19.1 Å². The van der Waals surface area contributed by atoms with Gasteiger partial charge in [-0.2, -0.15) is 13.2 Å². The van der Waals surface area contributed by atoms with Gasteiger partial charge in [0.25, 0.3) is 5.91 Å². The molecule has 0 aliphatic heterocycles. The fourth-order valence-electron chi connectivity index (χ4n) is 2.86. The van der Waals surface area contributed by atoms with Crippen LogP contribution in [0.2, 0.25) is 0 Å². The van der Waals surface area contributed by atoms with Crippen molar-refractivity contribution in [2.24, 2.45) is 0 Å². The van der Waals surface area contributed by atoms with E-state index < -0.39 is 23.6 Å². The molecule has 0 unspecified atom stereocenters. The van der Waals surface area contributed by atoms with Gasteiger partial charge >= 0.3 is 6.18 Å². The Bertz CT molecular complexity index is 1060. The number of alkyl halides is 3. The highest BCUT2D eigenvalue weighted by atomic mass is 19.4. The predicted molar refractivity (Wildman–Crippen MR) is 111 cm³/mol. The molecule has 0 bridgehead atoms. The van der Waals surface area contributed by atoms with Crippen LogP contribution in [0.4, 0.5) is 30.2 Å². The zero-order valence-electron chi connectivity index (χ0n) is 16.5. The van der Waals surface area contributed by atoms with E-state index in [-0.39, 0.29) is 23.5 Å². The van der Waals surface area contributed by atoms with Crippen LogP contribution >= 0.6 is 0 Å². The molecule has 0 aliphatic carbocycles. The van der Waals surface area contributed by atoms with E-state index in [0.717, 1.165) is 18.1 Å². The molecular weight excluding hydrogens is 411 g/mol. The minimum atomic E-state index is -4.69. The molecule has 0 fully saturated rings. The maximum Gasteiger partial charge on any atom is 0.418 e. The molecule has 162 valence electrons. The fraction of sp³-hybridized carbons (Fsp3) is 0.182. The van der Waals surface area contributed by atoms with Crippen LogP contribution in [0.1, 0.15) is 28.4 Å². The number of aryl methyl sites for hydroxylation is 1. The van der Waals surface area contributed by atoms with Crippen molar-refractivity contribution in [3.63, 3.8) is 0 Å². The molecular formula is C22H20F3N3O3. The van der Waals surface area contributed by atoms with Crippen LogP contribution in [-0.4, -0.2) is 18.4 Å². The van der Waals surface area contributed by atoms with Crippen LogP contribution in [-0.2, 0) is 17.4 Å². The molecule has 0 atom stereocenters. The van der Waals surface area contributed by atoms with Gasteiger partial charge in [0.15, 0.2) is 0 Å². The number of hydrogen-bond acceptors (Lipinski definition) is 4. The van der Waals surface area contributed by atoms with Gasteiger partial charge in [0.05, 0.1) is 23.9 Å². The maximum absolute atomic E-state index is 13.5. The molecule has 0 spiro atoms. The van der Waals surface area contributed by atoms with Crippen LogP contribution in [0.5, 0.6) is 0 Å². The average Bonchev–Trinajstić information content (AvgIpc) is 3.27. The summed E-state index contributed by atoms with van der Waals surface area (Å²) in [7, 11) is 0. The highest BCUT2D eigenvalue weighted by molar-refractivity contribution is 6.04. The lowest BCUT2D eigenvalue weighted by atomic mass is 10.1. The second kappa shape index (κ2) is 9.38. The van der Waals surface area contributed by atoms with Gasteiger partial charge < -0.3 is 20.4 Å². The van der Waals surface area contributed by atoms with Crippen LogP contribution in [0.3, 0.4) is 0 Å². The summed E-state index contributed by atoms with van der Waals surface area (Å²) in [6.45, 7) is 1.61. The average molecular weight is 431 g/mol. The van der Waals surface area contributed by atoms with E-state index in [1.165, 1.54) is 30.7 Å². The van der Waals surface area contributed by atoms with E-state index in [9.17, 15) is 22.8 Å². The Morgan fingerprint density at radius 2 is 1.77 bits per heavy atom. The molecule has 31 heavy (non-hydrogen) atoms. The smallest absolute Gasteiger partial charge is 0.418 e. The molecule has 2 aromatic carbocycles. The molecule has 9 heteroatoms. The first-order chi connectivity index (χ1) is 14.8. The first kappa shape index (κ1) is 21.9. The van der Waals surface area contributed by atoms with Crippen molar-refractivity contribution in [2.45, 2.75) is 19.5 Å². The van der Waals surface area contributed by atoms with Crippen LogP contribution in [0.25, 0.3) is 0 Å². The molecule has 1 heterocycles. The summed E-state index contributed by atoms with van der Waals surface area (Å²) in [4.78, 5) is 24.2. The summed E-state index contributed by atoms with van der Waals surface area (Å²) in [5, 5.41) is 7.55. The van der Waals surface area contributed by atoms with E-state index in [2.05, 4.69) is 16.0 Å². The van der Waals surface area contributed by atoms with E-state index in [1.54, 1.807) is 18.2 Å². The number of hydrogen-bond donors (Lipinski definition) is 3. The van der Waals surface area contributed by atoms with Gasteiger partial charge in [-0.25, -0.2) is 0 Å². The van der Waals surface area contributed by atoms with Crippen molar-refractivity contribution in [2.75, 3.05) is 22.5 Å². The molecule has 6 nitrogen and oxygen atoms in total. The third kappa shape index (κ3) is 5.88. The van der Waals surface area contributed by atoms with E-state index in [0.29, 0.717) is 5.69 Å². The topological polar surface area (TPSA) is 83.4 Å². The highest BCUT2D eigenvalue weighted by Crippen LogP contribution is 2.36. The zero-order chi connectivity index (χ0) is 22.4.